The Morgan fingerprint density at radius 1 is 0.429 bits per heavy atom. The third-order valence-electron chi connectivity index (χ3n) is 3.76. The summed E-state index contributed by atoms with van der Waals surface area (Å²) in [5.74, 6) is 0. The third-order valence-corrected chi connectivity index (χ3v) is 3.76. The van der Waals surface area contributed by atoms with Crippen LogP contribution in [0.1, 0.15) is 85.0 Å². The lowest BCUT2D eigenvalue weighted by molar-refractivity contribution is 0.0222. The molecule has 0 heterocycles. The number of ether oxygens (including phenoxy) is 3. The first kappa shape index (κ1) is 32.4. The van der Waals surface area contributed by atoms with E-state index in [1.165, 1.54) is 57.8 Å². The van der Waals surface area contributed by atoms with Crippen molar-refractivity contribution in [2.24, 2.45) is 0 Å². The van der Waals surface area contributed by atoms with Crippen LogP contribution in [0.25, 0.3) is 0 Å². The van der Waals surface area contributed by atoms with E-state index in [4.69, 9.17) is 29.5 Å². The van der Waals surface area contributed by atoms with E-state index in [-0.39, 0.29) is 13.2 Å². The molecule has 0 atom stereocenters. The summed E-state index contributed by atoms with van der Waals surface area (Å²) >= 11 is 0. The molecule has 0 aliphatic heterocycles. The molecule has 0 bridgehead atoms. The molecule has 0 saturated carbocycles. The van der Waals surface area contributed by atoms with Gasteiger partial charge in [-0.1, -0.05) is 64.7 Å². The third kappa shape index (κ3) is 44.9. The molecule has 0 radical (unpaired) electrons. The van der Waals surface area contributed by atoms with Crippen LogP contribution < -0.4 is 0 Å². The molecule has 0 spiro atoms. The molecule has 0 unspecified atom stereocenters. The Morgan fingerprint density at radius 2 is 0.821 bits per heavy atom. The smallest absolute Gasteiger partial charge is 0.0701 e. The van der Waals surface area contributed by atoms with E-state index < -0.39 is 0 Å². The average Bonchev–Trinajstić information content (AvgIpc) is 2.71. The molecule has 6 heteroatoms. The molecule has 28 heavy (non-hydrogen) atoms. The van der Waals surface area contributed by atoms with Crippen molar-refractivity contribution in [1.29, 1.82) is 0 Å². The molecular weight excluding hydrogens is 360 g/mol. The van der Waals surface area contributed by atoms with Crippen molar-refractivity contribution in [1.82, 2.24) is 0 Å². The van der Waals surface area contributed by atoms with Crippen LogP contribution in [-0.4, -0.2) is 74.8 Å². The maximum absolute atomic E-state index is 8.57. The van der Waals surface area contributed by atoms with Gasteiger partial charge in [0, 0.05) is 19.8 Å². The first-order valence-electron chi connectivity index (χ1n) is 11.3. The normalized spacial score (nSPS) is 10.1. The number of hydrogen-bond donors (Lipinski definition) is 3. The molecular formula is C22H50O6. The van der Waals surface area contributed by atoms with Crippen LogP contribution in [0.15, 0.2) is 0 Å². The largest absolute Gasteiger partial charge is 0.396 e. The second-order valence-corrected chi connectivity index (χ2v) is 6.36. The van der Waals surface area contributed by atoms with Crippen molar-refractivity contribution in [3.8, 4) is 0 Å². The van der Waals surface area contributed by atoms with Crippen LogP contribution in [0.2, 0.25) is 0 Å². The van der Waals surface area contributed by atoms with Crippen molar-refractivity contribution < 1.29 is 29.5 Å². The highest BCUT2D eigenvalue weighted by Gasteiger charge is 1.91. The second-order valence-electron chi connectivity index (χ2n) is 6.36. The molecule has 0 aromatic heterocycles. The number of rotatable bonds is 19. The Labute approximate surface area is 174 Å². The lowest BCUT2D eigenvalue weighted by Gasteiger charge is -2.01. The van der Waals surface area contributed by atoms with Crippen molar-refractivity contribution in [3.05, 3.63) is 0 Å². The molecule has 0 aromatic rings. The van der Waals surface area contributed by atoms with Crippen LogP contribution >= 0.6 is 0 Å². The number of aliphatic hydroxyl groups is 3. The minimum Gasteiger partial charge on any atom is -0.396 e. The fourth-order valence-corrected chi connectivity index (χ4v) is 2.25. The molecule has 6 nitrogen and oxygen atoms in total. The van der Waals surface area contributed by atoms with Crippen LogP contribution in [0.5, 0.6) is 0 Å². The van der Waals surface area contributed by atoms with Gasteiger partial charge in [0.1, 0.15) is 0 Å². The number of unbranched alkanes of at least 4 members (excludes halogenated alkanes) is 9. The molecule has 174 valence electrons. The summed E-state index contributed by atoms with van der Waals surface area (Å²) in [6, 6.07) is 0. The summed E-state index contributed by atoms with van der Waals surface area (Å²) in [6.07, 6.45) is 13.3. The molecule has 0 fully saturated rings. The van der Waals surface area contributed by atoms with Gasteiger partial charge in [0.2, 0.25) is 0 Å². The Morgan fingerprint density at radius 3 is 1.11 bits per heavy atom. The van der Waals surface area contributed by atoms with Crippen molar-refractivity contribution >= 4 is 0 Å². The maximum Gasteiger partial charge on any atom is 0.0701 e. The van der Waals surface area contributed by atoms with Crippen LogP contribution in [-0.2, 0) is 14.2 Å². The van der Waals surface area contributed by atoms with Gasteiger partial charge in [-0.2, -0.15) is 0 Å². The van der Waals surface area contributed by atoms with Gasteiger partial charge in [0.05, 0.1) is 39.6 Å². The van der Waals surface area contributed by atoms with Crippen molar-refractivity contribution in [3.63, 3.8) is 0 Å². The van der Waals surface area contributed by atoms with Crippen LogP contribution in [0.4, 0.5) is 0 Å². The zero-order valence-electron chi connectivity index (χ0n) is 19.0. The Kier molecular flexibility index (Phi) is 43.4. The Balaban J connectivity index is -0.000000368. The van der Waals surface area contributed by atoms with E-state index in [1.807, 2.05) is 13.8 Å². The first-order valence-corrected chi connectivity index (χ1v) is 11.3. The lowest BCUT2D eigenvalue weighted by Crippen LogP contribution is -2.09. The van der Waals surface area contributed by atoms with Crippen molar-refractivity contribution in [2.75, 3.05) is 59.5 Å². The summed E-state index contributed by atoms with van der Waals surface area (Å²) < 4.78 is 14.6. The van der Waals surface area contributed by atoms with Gasteiger partial charge in [-0.25, -0.2) is 0 Å². The predicted molar refractivity (Wildman–Crippen MR) is 117 cm³/mol. The Hall–Kier alpha value is -0.240. The molecule has 0 aromatic carbocycles. The fraction of sp³-hybridized carbons (Fsp3) is 1.00. The molecule has 0 rings (SSSR count). The minimum atomic E-state index is 0.0417. The molecule has 0 saturated heterocycles. The SMILES string of the molecule is CCCCCCCCCCCCO.CCOCC.OCCOCCOCCO. The van der Waals surface area contributed by atoms with Crippen LogP contribution in [0.3, 0.4) is 0 Å². The van der Waals surface area contributed by atoms with Crippen molar-refractivity contribution in [2.45, 2.75) is 85.0 Å². The summed E-state index contributed by atoms with van der Waals surface area (Å²) in [5.41, 5.74) is 0. The Bertz CT molecular complexity index is 197. The van der Waals surface area contributed by atoms with Gasteiger partial charge >= 0.3 is 0 Å². The monoisotopic (exact) mass is 410 g/mol. The summed E-state index contributed by atoms with van der Waals surface area (Å²) in [4.78, 5) is 0. The molecule has 0 amide bonds. The van der Waals surface area contributed by atoms with Gasteiger partial charge < -0.3 is 29.5 Å². The first-order chi connectivity index (χ1) is 13.7. The summed E-state index contributed by atoms with van der Waals surface area (Å²) in [6.45, 7) is 10.0. The highest BCUT2D eigenvalue weighted by Crippen LogP contribution is 2.09. The highest BCUT2D eigenvalue weighted by atomic mass is 16.5. The molecule has 3 N–H and O–H groups in total. The van der Waals surface area contributed by atoms with E-state index in [0.29, 0.717) is 33.0 Å². The van der Waals surface area contributed by atoms with Gasteiger partial charge in [0.25, 0.3) is 0 Å². The predicted octanol–water partition coefficient (Wildman–Crippen LogP) is 3.95. The van der Waals surface area contributed by atoms with E-state index in [0.717, 1.165) is 19.6 Å². The summed E-state index contributed by atoms with van der Waals surface area (Å²) in [5, 5.41) is 25.1. The van der Waals surface area contributed by atoms with Gasteiger partial charge in [0.15, 0.2) is 0 Å². The number of aliphatic hydroxyl groups excluding tert-OH is 3. The zero-order valence-corrected chi connectivity index (χ0v) is 19.0. The van der Waals surface area contributed by atoms with E-state index in [9.17, 15) is 0 Å². The zero-order chi connectivity index (χ0) is 21.6. The minimum absolute atomic E-state index is 0.0417. The topological polar surface area (TPSA) is 88.4 Å². The molecule has 0 aliphatic carbocycles. The van der Waals surface area contributed by atoms with Gasteiger partial charge in [-0.3, -0.25) is 0 Å². The standard InChI is InChI=1S/C12H26O.C6H14O4.C4H10O/c1-2-3-4-5-6-7-8-9-10-11-12-13;7-1-3-9-5-6-10-4-2-8;1-3-5-4-2/h13H,2-12H2,1H3;7-8H,1-6H2;3-4H2,1-2H3. The van der Waals surface area contributed by atoms with Gasteiger partial charge in [-0.15, -0.1) is 0 Å². The van der Waals surface area contributed by atoms with E-state index >= 15 is 0 Å². The number of hydrogen-bond acceptors (Lipinski definition) is 6. The molecule has 0 aliphatic rings. The summed E-state index contributed by atoms with van der Waals surface area (Å²) in [7, 11) is 0. The van der Waals surface area contributed by atoms with E-state index in [1.54, 1.807) is 0 Å². The van der Waals surface area contributed by atoms with Crippen LogP contribution in [0, 0.1) is 0 Å². The fourth-order valence-electron chi connectivity index (χ4n) is 2.25. The highest BCUT2D eigenvalue weighted by molar-refractivity contribution is 4.46. The van der Waals surface area contributed by atoms with E-state index in [2.05, 4.69) is 6.92 Å². The van der Waals surface area contributed by atoms with Gasteiger partial charge in [-0.05, 0) is 20.3 Å². The quantitative estimate of drug-likeness (QED) is 0.280. The lowest BCUT2D eigenvalue weighted by atomic mass is 10.1. The average molecular weight is 411 g/mol. The second kappa shape index (κ2) is 37.5. The maximum atomic E-state index is 8.57.